The van der Waals surface area contributed by atoms with Crippen LogP contribution in [-0.2, 0) is 0 Å². The second-order valence-electron chi connectivity index (χ2n) is 2.13. The van der Waals surface area contributed by atoms with Crippen LogP contribution in [0.3, 0.4) is 0 Å². The number of hydrogen-bond acceptors (Lipinski definition) is 3. The topological polar surface area (TPSA) is 50.7 Å². The molecule has 0 saturated heterocycles. The van der Waals surface area contributed by atoms with E-state index in [9.17, 15) is 0 Å². The summed E-state index contributed by atoms with van der Waals surface area (Å²) in [6.07, 6.45) is 1.72. The molecule has 1 aliphatic heterocycles. The van der Waals surface area contributed by atoms with Gasteiger partial charge in [-0.15, -0.1) is 5.11 Å². The van der Waals surface area contributed by atoms with Gasteiger partial charge < -0.3 is 5.73 Å². The Morgan fingerprint density at radius 3 is 2.62 bits per heavy atom. The summed E-state index contributed by atoms with van der Waals surface area (Å²) in [6.45, 7) is 5.55. The van der Waals surface area contributed by atoms with E-state index in [0.717, 1.165) is 0 Å². The Kier molecular flexibility index (Phi) is 0.863. The molecule has 2 N–H and O–H groups in total. The maximum absolute atomic E-state index is 5.27. The Morgan fingerprint density at radius 2 is 2.50 bits per heavy atom. The van der Waals surface area contributed by atoms with Crippen molar-refractivity contribution in [2.45, 2.75) is 12.5 Å². The van der Waals surface area contributed by atoms with E-state index in [2.05, 4.69) is 17.2 Å². The summed E-state index contributed by atoms with van der Waals surface area (Å²) in [5.74, 6) is 0.461. The average molecular weight is 110 g/mol. The molecule has 0 aromatic carbocycles. The lowest BCUT2D eigenvalue weighted by Crippen LogP contribution is -2.09. The lowest BCUT2D eigenvalue weighted by Gasteiger charge is -2.03. The molecule has 0 aliphatic carbocycles. The first-order valence-corrected chi connectivity index (χ1v) is 2.37. The van der Waals surface area contributed by atoms with E-state index < -0.39 is 5.54 Å². The van der Waals surface area contributed by atoms with Gasteiger partial charge in [0.25, 0.3) is 0 Å². The maximum atomic E-state index is 5.27. The highest BCUT2D eigenvalue weighted by molar-refractivity contribution is 5.15. The van der Waals surface area contributed by atoms with E-state index in [0.29, 0.717) is 5.82 Å². The van der Waals surface area contributed by atoms with Gasteiger partial charge in [0.1, 0.15) is 11.4 Å². The van der Waals surface area contributed by atoms with Crippen LogP contribution >= 0.6 is 0 Å². The quantitative estimate of drug-likeness (QED) is 0.493. The molecule has 0 aromatic rings. The Bertz CT molecular complexity index is 155. The van der Waals surface area contributed by atoms with E-state index in [4.69, 9.17) is 5.73 Å². The standard InChI is InChI=1S/C5H8N3/c1-5(2)3-4(6)7-8-5/h3H,1,6H2,2H3. The third kappa shape index (κ3) is 0.857. The molecule has 1 radical (unpaired) electrons. The summed E-state index contributed by atoms with van der Waals surface area (Å²) in [7, 11) is 0. The van der Waals surface area contributed by atoms with Crippen LogP contribution in [0.5, 0.6) is 0 Å². The summed E-state index contributed by atoms with van der Waals surface area (Å²) in [6, 6.07) is 0. The van der Waals surface area contributed by atoms with E-state index in [1.165, 1.54) is 0 Å². The molecule has 0 spiro atoms. The second kappa shape index (κ2) is 1.31. The van der Waals surface area contributed by atoms with Crippen LogP contribution in [0.15, 0.2) is 22.1 Å². The fraction of sp³-hybridized carbons (Fsp3) is 0.400. The summed E-state index contributed by atoms with van der Waals surface area (Å²) in [4.78, 5) is 0. The molecule has 3 nitrogen and oxygen atoms in total. The van der Waals surface area contributed by atoms with Crippen LogP contribution in [0.1, 0.15) is 6.92 Å². The van der Waals surface area contributed by atoms with Crippen molar-refractivity contribution in [3.63, 3.8) is 0 Å². The number of hydrogen-bond donors (Lipinski definition) is 1. The molecule has 0 saturated carbocycles. The molecule has 0 amide bonds. The fourth-order valence-electron chi connectivity index (χ4n) is 0.548. The number of rotatable bonds is 0. The third-order valence-corrected chi connectivity index (χ3v) is 0.853. The smallest absolute Gasteiger partial charge is 0.144 e. The predicted octanol–water partition coefficient (Wildman–Crippen LogP) is 0.845. The molecule has 1 rings (SSSR count). The van der Waals surface area contributed by atoms with Crippen molar-refractivity contribution in [3.8, 4) is 0 Å². The first kappa shape index (κ1) is 5.28. The van der Waals surface area contributed by atoms with Crippen molar-refractivity contribution in [3.05, 3.63) is 18.8 Å². The molecule has 3 heteroatoms. The van der Waals surface area contributed by atoms with Crippen molar-refractivity contribution in [2.75, 3.05) is 0 Å². The molecule has 1 unspecified atom stereocenters. The molecule has 43 valence electrons. The number of nitrogens with two attached hydrogens (primary N) is 1. The molecular formula is C5H8N3. The monoisotopic (exact) mass is 110 g/mol. The normalized spacial score (nSPS) is 23.5. The van der Waals surface area contributed by atoms with E-state index in [-0.39, 0.29) is 0 Å². The van der Waals surface area contributed by atoms with Gasteiger partial charge in [0.05, 0.1) is 0 Å². The van der Waals surface area contributed by atoms with Crippen LogP contribution in [0.25, 0.3) is 0 Å². The lowest BCUT2D eigenvalue weighted by atomic mass is 10.1. The Hall–Kier alpha value is -0.860. The van der Waals surface area contributed by atoms with Gasteiger partial charge in [-0.1, -0.05) is 0 Å². The molecule has 0 bridgehead atoms. The average Bonchev–Trinajstić information content (AvgIpc) is 1.82. The van der Waals surface area contributed by atoms with Gasteiger partial charge in [-0.3, -0.25) is 0 Å². The number of nitrogens with zero attached hydrogens (tertiary/aromatic N) is 2. The minimum atomic E-state index is -0.413. The van der Waals surface area contributed by atoms with Crippen LogP contribution in [0, 0.1) is 6.92 Å². The van der Waals surface area contributed by atoms with Crippen molar-refractivity contribution >= 4 is 0 Å². The zero-order valence-electron chi connectivity index (χ0n) is 4.76. The molecule has 8 heavy (non-hydrogen) atoms. The van der Waals surface area contributed by atoms with Gasteiger partial charge in [-0.25, -0.2) is 0 Å². The Labute approximate surface area is 48.3 Å². The third-order valence-electron chi connectivity index (χ3n) is 0.853. The summed E-state index contributed by atoms with van der Waals surface area (Å²) >= 11 is 0. The van der Waals surface area contributed by atoms with Gasteiger partial charge in [0.15, 0.2) is 0 Å². The zero-order chi connectivity index (χ0) is 6.20. The summed E-state index contributed by atoms with van der Waals surface area (Å²) in [5, 5.41) is 7.34. The minimum Gasteiger partial charge on any atom is -0.382 e. The van der Waals surface area contributed by atoms with Crippen LogP contribution in [0.2, 0.25) is 0 Å². The predicted molar refractivity (Wildman–Crippen MR) is 30.9 cm³/mol. The highest BCUT2D eigenvalue weighted by Crippen LogP contribution is 2.18. The van der Waals surface area contributed by atoms with Crippen LogP contribution < -0.4 is 5.73 Å². The fourth-order valence-corrected chi connectivity index (χ4v) is 0.548. The second-order valence-corrected chi connectivity index (χ2v) is 2.13. The zero-order valence-corrected chi connectivity index (χ0v) is 4.76. The Morgan fingerprint density at radius 1 is 1.88 bits per heavy atom. The molecule has 1 aliphatic rings. The molecule has 0 aromatic heterocycles. The Balaban J connectivity index is 2.84. The highest BCUT2D eigenvalue weighted by Gasteiger charge is 2.18. The van der Waals surface area contributed by atoms with Gasteiger partial charge >= 0.3 is 0 Å². The van der Waals surface area contributed by atoms with E-state index >= 15 is 0 Å². The van der Waals surface area contributed by atoms with Crippen molar-refractivity contribution in [2.24, 2.45) is 16.0 Å². The summed E-state index contributed by atoms with van der Waals surface area (Å²) in [5.41, 5.74) is 4.86. The van der Waals surface area contributed by atoms with Crippen molar-refractivity contribution in [1.82, 2.24) is 0 Å². The van der Waals surface area contributed by atoms with Gasteiger partial charge in [-0.05, 0) is 19.9 Å². The van der Waals surface area contributed by atoms with Gasteiger partial charge in [0, 0.05) is 0 Å². The first-order valence-electron chi connectivity index (χ1n) is 2.37. The van der Waals surface area contributed by atoms with E-state index in [1.54, 1.807) is 6.08 Å². The maximum Gasteiger partial charge on any atom is 0.144 e. The van der Waals surface area contributed by atoms with Gasteiger partial charge in [0.2, 0.25) is 0 Å². The number of azo groups is 1. The van der Waals surface area contributed by atoms with E-state index in [1.807, 2.05) is 6.92 Å². The largest absolute Gasteiger partial charge is 0.382 e. The molecular weight excluding hydrogens is 102 g/mol. The summed E-state index contributed by atoms with van der Waals surface area (Å²) < 4.78 is 0. The SMILES string of the molecule is [CH2]C1(C)C=C(N)N=N1. The molecule has 0 fully saturated rings. The van der Waals surface area contributed by atoms with Crippen LogP contribution in [-0.4, -0.2) is 5.54 Å². The van der Waals surface area contributed by atoms with Crippen molar-refractivity contribution < 1.29 is 0 Å². The lowest BCUT2D eigenvalue weighted by molar-refractivity contribution is 0.716. The van der Waals surface area contributed by atoms with Crippen molar-refractivity contribution in [1.29, 1.82) is 0 Å². The first-order chi connectivity index (χ1) is 3.60. The molecule has 1 atom stereocenters. The minimum absolute atomic E-state index is 0.413. The highest BCUT2D eigenvalue weighted by atomic mass is 15.2. The van der Waals surface area contributed by atoms with Gasteiger partial charge in [-0.2, -0.15) is 5.11 Å². The van der Waals surface area contributed by atoms with Crippen LogP contribution in [0.4, 0.5) is 0 Å². The molecule has 1 heterocycles.